The van der Waals surface area contributed by atoms with Crippen LogP contribution in [0.4, 0.5) is 5.82 Å². The molecule has 3 rings (SSSR count). The first kappa shape index (κ1) is 9.64. The summed E-state index contributed by atoms with van der Waals surface area (Å²) in [7, 11) is 0. The number of rotatable bonds is 2. The minimum Gasteiger partial charge on any atom is -0.367 e. The third-order valence-electron chi connectivity index (χ3n) is 3.09. The highest BCUT2D eigenvalue weighted by atomic mass is 15.0. The Morgan fingerprint density at radius 3 is 2.75 bits per heavy atom. The minimum absolute atomic E-state index is 0.663. The van der Waals surface area contributed by atoms with Gasteiger partial charge in [0.15, 0.2) is 0 Å². The molecule has 1 aliphatic carbocycles. The number of nitrogens with one attached hydrogen (secondary N) is 1. The van der Waals surface area contributed by atoms with Gasteiger partial charge in [-0.3, -0.25) is 0 Å². The van der Waals surface area contributed by atoms with E-state index in [0.717, 1.165) is 11.3 Å². The first-order chi connectivity index (χ1) is 7.72. The van der Waals surface area contributed by atoms with E-state index in [-0.39, 0.29) is 0 Å². The second-order valence-corrected chi connectivity index (χ2v) is 4.76. The molecule has 2 nitrogen and oxygen atoms in total. The third-order valence-corrected chi connectivity index (χ3v) is 3.09. The lowest BCUT2D eigenvalue weighted by Gasteiger charge is -2.07. The molecular weight excluding hydrogens is 196 g/mol. The van der Waals surface area contributed by atoms with Gasteiger partial charge in [-0.15, -0.1) is 0 Å². The van der Waals surface area contributed by atoms with Crippen molar-refractivity contribution in [3.8, 4) is 0 Å². The lowest BCUT2D eigenvalue weighted by Crippen LogP contribution is -2.02. The summed E-state index contributed by atoms with van der Waals surface area (Å²) in [6, 6.07) is 9.28. The Bertz CT molecular complexity index is 542. The molecule has 1 N–H and O–H groups in total. The Balaban J connectivity index is 2.08. The molecule has 2 heteroatoms. The zero-order valence-electron chi connectivity index (χ0n) is 9.75. The molecule has 1 aromatic carbocycles. The third kappa shape index (κ3) is 1.75. The van der Waals surface area contributed by atoms with Gasteiger partial charge in [0.05, 0.1) is 5.52 Å². The predicted octanol–water partition coefficient (Wildman–Crippen LogP) is 3.43. The van der Waals surface area contributed by atoms with Crippen molar-refractivity contribution in [3.63, 3.8) is 0 Å². The van der Waals surface area contributed by atoms with Crippen molar-refractivity contribution >= 4 is 16.7 Å². The molecule has 0 unspecified atom stereocenters. The molecule has 1 saturated carbocycles. The minimum atomic E-state index is 0.663. The van der Waals surface area contributed by atoms with Crippen LogP contribution in [0.25, 0.3) is 10.9 Å². The summed E-state index contributed by atoms with van der Waals surface area (Å²) in [5, 5.41) is 4.69. The summed E-state index contributed by atoms with van der Waals surface area (Å²) in [5.41, 5.74) is 3.68. The van der Waals surface area contributed by atoms with Crippen molar-refractivity contribution in [1.82, 2.24) is 4.98 Å². The average Bonchev–Trinajstić information content (AvgIpc) is 3.00. The van der Waals surface area contributed by atoms with Crippen molar-refractivity contribution in [2.75, 3.05) is 5.32 Å². The molecule has 1 aromatic heterocycles. The van der Waals surface area contributed by atoms with Crippen LogP contribution in [0.1, 0.15) is 24.0 Å². The fourth-order valence-corrected chi connectivity index (χ4v) is 2.11. The molecule has 0 aliphatic heterocycles. The van der Waals surface area contributed by atoms with Gasteiger partial charge in [0.2, 0.25) is 0 Å². The molecule has 1 fully saturated rings. The van der Waals surface area contributed by atoms with Gasteiger partial charge in [-0.1, -0.05) is 6.07 Å². The van der Waals surface area contributed by atoms with E-state index < -0.39 is 0 Å². The highest BCUT2D eigenvalue weighted by Crippen LogP contribution is 2.26. The van der Waals surface area contributed by atoms with Crippen LogP contribution < -0.4 is 5.32 Å². The van der Waals surface area contributed by atoms with Crippen molar-refractivity contribution in [3.05, 3.63) is 35.4 Å². The Morgan fingerprint density at radius 1 is 1.19 bits per heavy atom. The van der Waals surface area contributed by atoms with Gasteiger partial charge in [-0.25, -0.2) is 4.98 Å². The molecule has 16 heavy (non-hydrogen) atoms. The number of benzene rings is 1. The summed E-state index contributed by atoms with van der Waals surface area (Å²) in [4.78, 5) is 4.67. The lowest BCUT2D eigenvalue weighted by atomic mass is 10.1. The Labute approximate surface area is 95.7 Å². The number of anilines is 1. The maximum atomic E-state index is 4.67. The molecule has 82 valence electrons. The second kappa shape index (κ2) is 3.48. The van der Waals surface area contributed by atoms with Crippen LogP contribution in [0.2, 0.25) is 0 Å². The van der Waals surface area contributed by atoms with Crippen LogP contribution in [-0.4, -0.2) is 11.0 Å². The number of aryl methyl sites for hydroxylation is 2. The van der Waals surface area contributed by atoms with Crippen LogP contribution in [0.3, 0.4) is 0 Å². The van der Waals surface area contributed by atoms with Gasteiger partial charge < -0.3 is 5.32 Å². The summed E-state index contributed by atoms with van der Waals surface area (Å²) in [5.74, 6) is 1.01. The van der Waals surface area contributed by atoms with Crippen molar-refractivity contribution in [2.24, 2.45) is 0 Å². The number of fused-ring (bicyclic) bond motifs is 1. The molecule has 1 aliphatic rings. The van der Waals surface area contributed by atoms with E-state index in [0.29, 0.717) is 6.04 Å². The van der Waals surface area contributed by atoms with Gasteiger partial charge in [-0.2, -0.15) is 0 Å². The maximum Gasteiger partial charge on any atom is 0.126 e. The van der Waals surface area contributed by atoms with Gasteiger partial charge in [0.25, 0.3) is 0 Å². The number of nitrogens with zero attached hydrogens (tertiary/aromatic N) is 1. The SMILES string of the molecule is Cc1cc(C)c2ccc(NC3CC3)nc2c1. The van der Waals surface area contributed by atoms with Crippen LogP contribution in [-0.2, 0) is 0 Å². The van der Waals surface area contributed by atoms with Crippen LogP contribution in [0, 0.1) is 13.8 Å². The van der Waals surface area contributed by atoms with E-state index in [2.05, 4.69) is 48.4 Å². The highest BCUT2D eigenvalue weighted by Gasteiger charge is 2.21. The Hall–Kier alpha value is -1.57. The first-order valence-electron chi connectivity index (χ1n) is 5.87. The summed E-state index contributed by atoms with van der Waals surface area (Å²) < 4.78 is 0. The molecule has 0 radical (unpaired) electrons. The lowest BCUT2D eigenvalue weighted by molar-refractivity contribution is 1.12. The molecular formula is C14H16N2. The number of hydrogen-bond donors (Lipinski definition) is 1. The number of pyridine rings is 1. The van der Waals surface area contributed by atoms with Crippen LogP contribution >= 0.6 is 0 Å². The van der Waals surface area contributed by atoms with Crippen LogP contribution in [0.15, 0.2) is 24.3 Å². The van der Waals surface area contributed by atoms with Crippen molar-refractivity contribution in [1.29, 1.82) is 0 Å². The summed E-state index contributed by atoms with van der Waals surface area (Å²) in [6.45, 7) is 4.26. The molecule has 0 atom stereocenters. The largest absolute Gasteiger partial charge is 0.367 e. The highest BCUT2D eigenvalue weighted by molar-refractivity contribution is 5.84. The van der Waals surface area contributed by atoms with Crippen molar-refractivity contribution in [2.45, 2.75) is 32.7 Å². The van der Waals surface area contributed by atoms with Crippen LogP contribution in [0.5, 0.6) is 0 Å². The van der Waals surface area contributed by atoms with Gasteiger partial charge in [0, 0.05) is 11.4 Å². The zero-order valence-corrected chi connectivity index (χ0v) is 9.75. The molecule has 2 aromatic rings. The quantitative estimate of drug-likeness (QED) is 0.825. The zero-order chi connectivity index (χ0) is 11.1. The van der Waals surface area contributed by atoms with Gasteiger partial charge in [0.1, 0.15) is 5.82 Å². The van der Waals surface area contributed by atoms with Gasteiger partial charge in [-0.05, 0) is 56.0 Å². The molecule has 1 heterocycles. The van der Waals surface area contributed by atoms with E-state index in [1.807, 2.05) is 0 Å². The molecule has 0 spiro atoms. The van der Waals surface area contributed by atoms with Gasteiger partial charge >= 0.3 is 0 Å². The second-order valence-electron chi connectivity index (χ2n) is 4.76. The smallest absolute Gasteiger partial charge is 0.126 e. The molecule has 0 saturated heterocycles. The van der Waals surface area contributed by atoms with E-state index in [1.165, 1.54) is 29.4 Å². The van der Waals surface area contributed by atoms with E-state index in [4.69, 9.17) is 0 Å². The van der Waals surface area contributed by atoms with E-state index >= 15 is 0 Å². The number of hydrogen-bond acceptors (Lipinski definition) is 2. The molecule has 0 bridgehead atoms. The standard InChI is InChI=1S/C14H16N2/c1-9-7-10(2)12-5-6-14(15-11-3-4-11)16-13(12)8-9/h5-8,11H,3-4H2,1-2H3,(H,15,16). The topological polar surface area (TPSA) is 24.9 Å². The summed E-state index contributed by atoms with van der Waals surface area (Å²) in [6.07, 6.45) is 2.57. The average molecular weight is 212 g/mol. The van der Waals surface area contributed by atoms with Crippen molar-refractivity contribution < 1.29 is 0 Å². The molecule has 0 amide bonds. The summed E-state index contributed by atoms with van der Waals surface area (Å²) >= 11 is 0. The fourth-order valence-electron chi connectivity index (χ4n) is 2.11. The van der Waals surface area contributed by atoms with E-state index in [9.17, 15) is 0 Å². The monoisotopic (exact) mass is 212 g/mol. The van der Waals surface area contributed by atoms with E-state index in [1.54, 1.807) is 0 Å². The normalized spacial score (nSPS) is 15.4. The predicted molar refractivity (Wildman–Crippen MR) is 67.9 cm³/mol. The maximum absolute atomic E-state index is 4.67. The number of aromatic nitrogens is 1. The first-order valence-corrected chi connectivity index (χ1v) is 5.87. The Morgan fingerprint density at radius 2 is 2.00 bits per heavy atom. The fraction of sp³-hybridized carbons (Fsp3) is 0.357. The Kier molecular flexibility index (Phi) is 2.10.